The van der Waals surface area contributed by atoms with Crippen molar-refractivity contribution in [3.63, 3.8) is 0 Å². The predicted molar refractivity (Wildman–Crippen MR) is 168 cm³/mol. The van der Waals surface area contributed by atoms with Crippen molar-refractivity contribution in [2.24, 2.45) is 11.7 Å². The molecule has 12 heteroatoms. The number of amides is 1. The van der Waals surface area contributed by atoms with Crippen molar-refractivity contribution in [2.75, 3.05) is 27.2 Å². The minimum atomic E-state index is -3.88. The molecule has 3 aromatic rings. The number of nitrogens with two attached hydrogens (primary N) is 1. The van der Waals surface area contributed by atoms with Gasteiger partial charge in [0.25, 0.3) is 5.91 Å². The Kier molecular flexibility index (Phi) is 11.3. The van der Waals surface area contributed by atoms with E-state index in [4.69, 9.17) is 26.8 Å². The van der Waals surface area contributed by atoms with Crippen molar-refractivity contribution in [2.45, 2.75) is 42.9 Å². The average molecular weight is 651 g/mol. The number of hydrogen-bond acceptors (Lipinski definition) is 7. The van der Waals surface area contributed by atoms with Crippen molar-refractivity contribution < 1.29 is 27.5 Å². The van der Waals surface area contributed by atoms with Gasteiger partial charge >= 0.3 is 5.97 Å². The zero-order valence-electron chi connectivity index (χ0n) is 24.5. The molecule has 3 aromatic carbocycles. The Bertz CT molecular complexity index is 1510. The van der Waals surface area contributed by atoms with Gasteiger partial charge in [-0.15, -0.1) is 12.4 Å². The summed E-state index contributed by atoms with van der Waals surface area (Å²) in [4.78, 5) is 26.6. The second-order valence-corrected chi connectivity index (χ2v) is 13.4. The molecule has 1 amide bonds. The number of carbonyl (C=O) groups is 2. The maximum atomic E-state index is 13.6. The number of hydrogen-bond donors (Lipinski definition) is 1. The van der Waals surface area contributed by atoms with Crippen LogP contribution in [0.4, 0.5) is 0 Å². The molecular formula is C31H37Cl2N3O6S. The molecular weight excluding hydrogens is 613 g/mol. The van der Waals surface area contributed by atoms with E-state index in [1.807, 2.05) is 30.3 Å². The fourth-order valence-corrected chi connectivity index (χ4v) is 6.46. The van der Waals surface area contributed by atoms with Crippen LogP contribution in [0, 0.1) is 5.92 Å². The lowest BCUT2D eigenvalue weighted by atomic mass is 9.87. The number of halogens is 2. The van der Waals surface area contributed by atoms with Gasteiger partial charge in [0.05, 0.1) is 18.0 Å². The molecule has 1 unspecified atom stereocenters. The molecule has 1 aliphatic rings. The van der Waals surface area contributed by atoms with E-state index in [1.165, 1.54) is 21.3 Å². The van der Waals surface area contributed by atoms with Crippen molar-refractivity contribution in [3.8, 4) is 5.75 Å². The molecule has 4 rings (SSSR count). The van der Waals surface area contributed by atoms with E-state index in [0.29, 0.717) is 16.3 Å². The van der Waals surface area contributed by atoms with Crippen molar-refractivity contribution >= 4 is 45.9 Å². The molecule has 232 valence electrons. The van der Waals surface area contributed by atoms with E-state index in [2.05, 4.69) is 0 Å². The third kappa shape index (κ3) is 7.87. The van der Waals surface area contributed by atoms with E-state index in [0.717, 1.165) is 5.56 Å². The monoisotopic (exact) mass is 649 g/mol. The molecule has 43 heavy (non-hydrogen) atoms. The number of sulfonamides is 1. The van der Waals surface area contributed by atoms with Crippen molar-refractivity contribution in [1.29, 1.82) is 0 Å². The molecule has 0 aromatic heterocycles. The van der Waals surface area contributed by atoms with Crippen LogP contribution in [0.25, 0.3) is 0 Å². The number of rotatable bonds is 11. The van der Waals surface area contributed by atoms with Crippen molar-refractivity contribution in [1.82, 2.24) is 9.21 Å². The normalized spacial score (nSPS) is 15.9. The minimum Gasteiger partial charge on any atom is -0.480 e. The summed E-state index contributed by atoms with van der Waals surface area (Å²) in [5.74, 6) is -0.727. The third-order valence-electron chi connectivity index (χ3n) is 7.12. The van der Waals surface area contributed by atoms with Crippen LogP contribution < -0.4 is 10.5 Å². The van der Waals surface area contributed by atoms with Crippen LogP contribution in [0.15, 0.2) is 83.8 Å². The summed E-state index contributed by atoms with van der Waals surface area (Å²) in [5, 5.41) is 0.573. The smallest absolute Gasteiger partial charge is 0.324 e. The lowest BCUT2D eigenvalue weighted by molar-refractivity contribution is -0.163. The van der Waals surface area contributed by atoms with Gasteiger partial charge in [-0.3, -0.25) is 9.59 Å². The summed E-state index contributed by atoms with van der Waals surface area (Å²) in [5.41, 5.74) is 6.66. The average Bonchev–Trinajstić information content (AvgIpc) is 2.94. The van der Waals surface area contributed by atoms with Gasteiger partial charge in [0.2, 0.25) is 10.0 Å². The first-order valence-corrected chi connectivity index (χ1v) is 15.4. The first kappa shape index (κ1) is 34.3. The van der Waals surface area contributed by atoms with Crippen LogP contribution in [0.5, 0.6) is 5.75 Å². The molecule has 9 nitrogen and oxygen atoms in total. The van der Waals surface area contributed by atoms with E-state index < -0.39 is 33.7 Å². The highest BCUT2D eigenvalue weighted by Crippen LogP contribution is 2.40. The summed E-state index contributed by atoms with van der Waals surface area (Å²) in [6.07, 6.45) is -0.923. The second kappa shape index (κ2) is 14.1. The fourth-order valence-electron chi connectivity index (χ4n) is 4.73. The molecule has 2 N–H and O–H groups in total. The highest BCUT2D eigenvalue weighted by atomic mass is 35.5. The Morgan fingerprint density at radius 3 is 2.21 bits per heavy atom. The Morgan fingerprint density at radius 1 is 1.00 bits per heavy atom. The minimum absolute atomic E-state index is 0. The molecule has 0 spiro atoms. The summed E-state index contributed by atoms with van der Waals surface area (Å²) >= 11 is 6.03. The Balaban J connectivity index is 0.00000506. The van der Waals surface area contributed by atoms with Gasteiger partial charge in [0.1, 0.15) is 11.8 Å². The molecule has 0 saturated carbocycles. The van der Waals surface area contributed by atoms with Crippen LogP contribution in [-0.2, 0) is 36.4 Å². The third-order valence-corrected chi connectivity index (χ3v) is 9.16. The number of esters is 1. The number of likely N-dealkylation sites (N-methyl/N-ethyl adjacent to an activating group) is 1. The van der Waals surface area contributed by atoms with Crippen LogP contribution in [0.3, 0.4) is 0 Å². The first-order chi connectivity index (χ1) is 19.8. The van der Waals surface area contributed by atoms with Gasteiger partial charge in [-0.05, 0) is 59.9 Å². The number of benzene rings is 3. The fraction of sp³-hybridized carbons (Fsp3) is 0.355. The van der Waals surface area contributed by atoms with Crippen molar-refractivity contribution in [3.05, 3.63) is 95.0 Å². The van der Waals surface area contributed by atoms with E-state index in [9.17, 15) is 18.0 Å². The summed E-state index contributed by atoms with van der Waals surface area (Å²) in [6, 6.07) is 21.7. The van der Waals surface area contributed by atoms with E-state index in [1.54, 1.807) is 64.3 Å². The van der Waals surface area contributed by atoms with Crippen LogP contribution in [-0.4, -0.2) is 68.8 Å². The van der Waals surface area contributed by atoms with Gasteiger partial charge in [-0.2, -0.15) is 4.31 Å². The van der Waals surface area contributed by atoms with E-state index in [-0.39, 0.29) is 48.6 Å². The summed E-state index contributed by atoms with van der Waals surface area (Å²) in [6.45, 7) is 3.77. The van der Waals surface area contributed by atoms with Crippen LogP contribution in [0.2, 0.25) is 5.02 Å². The molecule has 0 bridgehead atoms. The van der Waals surface area contributed by atoms with Gasteiger partial charge in [-0.1, -0.05) is 67.9 Å². The summed E-state index contributed by atoms with van der Waals surface area (Å²) < 4.78 is 40.5. The maximum Gasteiger partial charge on any atom is 0.324 e. The Labute approximate surface area is 264 Å². The largest absolute Gasteiger partial charge is 0.480 e. The molecule has 1 saturated heterocycles. The molecule has 2 atom stereocenters. The summed E-state index contributed by atoms with van der Waals surface area (Å²) in [7, 11) is -0.712. The SMILES string of the molecule is CC(C)C(OC(=O)[C@@H](N)Cc1cccc(S(=O)(=O)N2CC(Oc3ccc(Cl)cc3)(c3ccccc3)C2)c1)C(=O)N(C)C.Cl. The quantitative estimate of drug-likeness (QED) is 0.308. The number of ether oxygens (including phenoxy) is 2. The van der Waals surface area contributed by atoms with Gasteiger partial charge in [0.15, 0.2) is 11.7 Å². The first-order valence-electron chi connectivity index (χ1n) is 13.6. The zero-order chi connectivity index (χ0) is 30.7. The van der Waals surface area contributed by atoms with Gasteiger partial charge in [-0.25, -0.2) is 8.42 Å². The van der Waals surface area contributed by atoms with Crippen LogP contribution >= 0.6 is 24.0 Å². The lowest BCUT2D eigenvalue weighted by Gasteiger charge is -2.48. The second-order valence-electron chi connectivity index (χ2n) is 11.0. The molecule has 1 aliphatic heterocycles. The van der Waals surface area contributed by atoms with E-state index >= 15 is 0 Å². The molecule has 0 radical (unpaired) electrons. The lowest BCUT2D eigenvalue weighted by Crippen LogP contribution is -2.64. The zero-order valence-corrected chi connectivity index (χ0v) is 26.9. The highest BCUT2D eigenvalue weighted by Gasteiger charge is 2.52. The topological polar surface area (TPSA) is 119 Å². The van der Waals surface area contributed by atoms with Crippen LogP contribution in [0.1, 0.15) is 25.0 Å². The predicted octanol–water partition coefficient (Wildman–Crippen LogP) is 4.27. The Morgan fingerprint density at radius 2 is 1.63 bits per heavy atom. The molecule has 1 heterocycles. The van der Waals surface area contributed by atoms with Gasteiger partial charge < -0.3 is 20.1 Å². The number of carbonyl (C=O) groups excluding carboxylic acids is 2. The standard InChI is InChI=1S/C31H36ClN3O6S.ClH/c1-21(2)28(29(36)34(3)4)40-30(37)27(33)18-22-9-8-12-26(17-22)42(38,39)35-19-31(20-35,23-10-6-5-7-11-23)41-25-15-13-24(32)14-16-25;/h5-17,21,27-28H,18-20,33H2,1-4H3;1H/t27-,28?;/m0./s1. The Hall–Kier alpha value is -3.15. The van der Waals surface area contributed by atoms with Gasteiger partial charge in [0, 0.05) is 19.1 Å². The highest BCUT2D eigenvalue weighted by molar-refractivity contribution is 7.89. The molecule has 1 fully saturated rings. The maximum absolute atomic E-state index is 13.6. The number of nitrogens with zero attached hydrogens (tertiary/aromatic N) is 2. The molecule has 0 aliphatic carbocycles.